The fourth-order valence-corrected chi connectivity index (χ4v) is 3.16. The molecule has 1 aromatic rings. The SMILES string of the molecule is O=C(O)C1CC(Oc2c(Br)cccc2Br)(C(=O)O)CN1. The zero-order chi connectivity index (χ0) is 14.9. The molecule has 2 rings (SSSR count). The summed E-state index contributed by atoms with van der Waals surface area (Å²) in [6.45, 7) is -0.0763. The van der Waals surface area contributed by atoms with E-state index in [9.17, 15) is 14.7 Å². The molecule has 2 unspecified atom stereocenters. The summed E-state index contributed by atoms with van der Waals surface area (Å²) < 4.78 is 6.83. The highest BCUT2D eigenvalue weighted by molar-refractivity contribution is 9.11. The van der Waals surface area contributed by atoms with Crippen LogP contribution in [0.5, 0.6) is 5.75 Å². The standard InChI is InChI=1S/C12H11Br2NO5/c13-6-2-1-3-7(14)9(6)20-12(11(18)19)4-8(10(16)17)15-5-12/h1-3,8,15H,4-5H2,(H,16,17)(H,18,19). The predicted octanol–water partition coefficient (Wildman–Crippen LogP) is 1.86. The van der Waals surface area contributed by atoms with Crippen molar-refractivity contribution in [1.29, 1.82) is 0 Å². The van der Waals surface area contributed by atoms with Crippen LogP contribution in [-0.2, 0) is 9.59 Å². The molecule has 8 heteroatoms. The number of benzene rings is 1. The van der Waals surface area contributed by atoms with Crippen LogP contribution in [0, 0.1) is 0 Å². The van der Waals surface area contributed by atoms with Gasteiger partial charge in [-0.1, -0.05) is 6.07 Å². The van der Waals surface area contributed by atoms with Crippen molar-refractivity contribution in [3.05, 3.63) is 27.1 Å². The largest absolute Gasteiger partial charge is 0.480 e. The second-order valence-electron chi connectivity index (χ2n) is 4.43. The van der Waals surface area contributed by atoms with E-state index in [4.69, 9.17) is 9.84 Å². The zero-order valence-electron chi connectivity index (χ0n) is 10.1. The lowest BCUT2D eigenvalue weighted by molar-refractivity contribution is -0.154. The highest BCUT2D eigenvalue weighted by Crippen LogP contribution is 2.37. The first-order valence-electron chi connectivity index (χ1n) is 5.68. The van der Waals surface area contributed by atoms with E-state index in [0.717, 1.165) is 0 Å². The third-order valence-electron chi connectivity index (χ3n) is 3.07. The summed E-state index contributed by atoms with van der Waals surface area (Å²) in [6, 6.07) is 4.26. The van der Waals surface area contributed by atoms with Crippen LogP contribution in [0.1, 0.15) is 6.42 Å². The zero-order valence-corrected chi connectivity index (χ0v) is 13.3. The second-order valence-corrected chi connectivity index (χ2v) is 6.14. The molecule has 2 atom stereocenters. The molecule has 0 aromatic heterocycles. The molecule has 3 N–H and O–H groups in total. The average Bonchev–Trinajstić information content (AvgIpc) is 2.80. The molecule has 1 aromatic carbocycles. The van der Waals surface area contributed by atoms with Gasteiger partial charge in [-0.3, -0.25) is 10.1 Å². The third-order valence-corrected chi connectivity index (χ3v) is 4.32. The Labute approximate surface area is 131 Å². The number of aliphatic carboxylic acids is 2. The van der Waals surface area contributed by atoms with E-state index in [0.29, 0.717) is 14.7 Å². The molecule has 0 aliphatic carbocycles. The lowest BCUT2D eigenvalue weighted by Gasteiger charge is -2.26. The molecule has 1 aliphatic rings. The van der Waals surface area contributed by atoms with Crippen LogP contribution in [0.3, 0.4) is 0 Å². The van der Waals surface area contributed by atoms with E-state index in [1.165, 1.54) is 0 Å². The quantitative estimate of drug-likeness (QED) is 0.703. The number of carbonyl (C=O) groups is 2. The van der Waals surface area contributed by atoms with Gasteiger partial charge in [-0.15, -0.1) is 0 Å². The van der Waals surface area contributed by atoms with Crippen molar-refractivity contribution < 1.29 is 24.5 Å². The maximum absolute atomic E-state index is 11.5. The van der Waals surface area contributed by atoms with Crippen LogP contribution in [0.2, 0.25) is 0 Å². The normalized spacial score (nSPS) is 25.4. The summed E-state index contributed by atoms with van der Waals surface area (Å²) in [7, 11) is 0. The van der Waals surface area contributed by atoms with Crippen molar-refractivity contribution in [2.45, 2.75) is 18.1 Å². The first-order valence-corrected chi connectivity index (χ1v) is 7.27. The molecule has 0 bridgehead atoms. The Hall–Kier alpha value is -1.12. The van der Waals surface area contributed by atoms with Crippen molar-refractivity contribution in [3.63, 3.8) is 0 Å². The number of halogens is 2. The van der Waals surface area contributed by atoms with Gasteiger partial charge in [0, 0.05) is 13.0 Å². The number of hydrogen-bond donors (Lipinski definition) is 3. The summed E-state index contributed by atoms with van der Waals surface area (Å²) in [5, 5.41) is 21.0. The number of carboxylic acids is 2. The van der Waals surface area contributed by atoms with Crippen molar-refractivity contribution in [1.82, 2.24) is 5.32 Å². The van der Waals surface area contributed by atoms with Crippen LogP contribution >= 0.6 is 31.9 Å². The summed E-state index contributed by atoms with van der Waals surface area (Å²) in [5.74, 6) is -1.96. The Morgan fingerprint density at radius 2 is 1.90 bits per heavy atom. The highest BCUT2D eigenvalue weighted by atomic mass is 79.9. The van der Waals surface area contributed by atoms with E-state index < -0.39 is 23.6 Å². The molecule has 0 radical (unpaired) electrons. The molecule has 1 heterocycles. The molecule has 1 aliphatic heterocycles. The Bertz CT molecular complexity index is 545. The van der Waals surface area contributed by atoms with Gasteiger partial charge in [-0.05, 0) is 44.0 Å². The lowest BCUT2D eigenvalue weighted by Crippen LogP contribution is -2.46. The first-order chi connectivity index (χ1) is 9.35. The number of hydrogen-bond acceptors (Lipinski definition) is 4. The molecule has 6 nitrogen and oxygen atoms in total. The fourth-order valence-electron chi connectivity index (χ4n) is 2.00. The van der Waals surface area contributed by atoms with Crippen molar-refractivity contribution >= 4 is 43.8 Å². The molecular weight excluding hydrogens is 398 g/mol. The first kappa shape index (κ1) is 15.3. The average molecular weight is 409 g/mol. The van der Waals surface area contributed by atoms with Gasteiger partial charge in [0.2, 0.25) is 5.60 Å². The lowest BCUT2D eigenvalue weighted by atomic mass is 10.00. The number of para-hydroxylation sites is 1. The van der Waals surface area contributed by atoms with Gasteiger partial charge in [0.15, 0.2) is 0 Å². The topological polar surface area (TPSA) is 95.9 Å². The van der Waals surface area contributed by atoms with Crippen molar-refractivity contribution in [2.75, 3.05) is 6.54 Å². The fraction of sp³-hybridized carbons (Fsp3) is 0.333. The van der Waals surface area contributed by atoms with Gasteiger partial charge in [0.25, 0.3) is 0 Å². The van der Waals surface area contributed by atoms with E-state index in [-0.39, 0.29) is 13.0 Å². The van der Waals surface area contributed by atoms with Gasteiger partial charge < -0.3 is 14.9 Å². The summed E-state index contributed by atoms with van der Waals surface area (Å²) in [5.41, 5.74) is -1.60. The van der Waals surface area contributed by atoms with Crippen LogP contribution in [-0.4, -0.2) is 40.3 Å². The van der Waals surface area contributed by atoms with Crippen LogP contribution in [0.25, 0.3) is 0 Å². The van der Waals surface area contributed by atoms with Crippen LogP contribution in [0.15, 0.2) is 27.1 Å². The second kappa shape index (κ2) is 5.71. The summed E-state index contributed by atoms with van der Waals surface area (Å²) >= 11 is 6.57. The number of rotatable bonds is 4. The Kier molecular flexibility index (Phi) is 4.36. The molecule has 0 amide bonds. The van der Waals surface area contributed by atoms with E-state index in [2.05, 4.69) is 37.2 Å². The maximum atomic E-state index is 11.5. The van der Waals surface area contributed by atoms with Crippen LogP contribution in [0.4, 0.5) is 0 Å². The number of ether oxygens (including phenoxy) is 1. The van der Waals surface area contributed by atoms with Gasteiger partial charge in [0.1, 0.15) is 11.8 Å². The van der Waals surface area contributed by atoms with Gasteiger partial charge >= 0.3 is 11.9 Å². The minimum absolute atomic E-state index is 0.0763. The smallest absolute Gasteiger partial charge is 0.349 e. The molecule has 20 heavy (non-hydrogen) atoms. The Morgan fingerprint density at radius 3 is 2.35 bits per heavy atom. The van der Waals surface area contributed by atoms with E-state index in [1.807, 2.05) is 0 Å². The minimum atomic E-state index is -1.60. The molecular formula is C12H11Br2NO5. The van der Waals surface area contributed by atoms with Gasteiger partial charge in [-0.25, -0.2) is 4.79 Å². The van der Waals surface area contributed by atoms with Crippen LogP contribution < -0.4 is 10.1 Å². The summed E-state index contributed by atoms with van der Waals surface area (Å²) in [4.78, 5) is 22.5. The molecule has 1 fully saturated rings. The molecule has 0 spiro atoms. The Morgan fingerprint density at radius 1 is 1.30 bits per heavy atom. The number of carboxylic acid groups (broad SMARTS) is 2. The predicted molar refractivity (Wildman–Crippen MR) is 76.9 cm³/mol. The summed E-state index contributed by atoms with van der Waals surface area (Å²) in [6.07, 6.45) is -0.147. The van der Waals surface area contributed by atoms with E-state index >= 15 is 0 Å². The molecule has 1 saturated heterocycles. The van der Waals surface area contributed by atoms with Crippen molar-refractivity contribution in [3.8, 4) is 5.75 Å². The highest BCUT2D eigenvalue weighted by Gasteiger charge is 2.50. The van der Waals surface area contributed by atoms with Gasteiger partial charge in [-0.2, -0.15) is 0 Å². The Balaban J connectivity index is 2.32. The van der Waals surface area contributed by atoms with Crippen molar-refractivity contribution in [2.24, 2.45) is 0 Å². The number of nitrogens with one attached hydrogen (secondary N) is 1. The minimum Gasteiger partial charge on any atom is -0.480 e. The third kappa shape index (κ3) is 2.82. The molecule has 108 valence electrons. The van der Waals surface area contributed by atoms with E-state index in [1.54, 1.807) is 18.2 Å². The maximum Gasteiger partial charge on any atom is 0.349 e. The molecule has 0 saturated carbocycles. The van der Waals surface area contributed by atoms with Gasteiger partial charge in [0.05, 0.1) is 8.95 Å². The monoisotopic (exact) mass is 407 g/mol.